The van der Waals surface area contributed by atoms with Gasteiger partial charge in [-0.1, -0.05) is 27.7 Å². The van der Waals surface area contributed by atoms with Gasteiger partial charge in [-0.15, -0.1) is 10.2 Å². The van der Waals surface area contributed by atoms with E-state index in [9.17, 15) is 14.0 Å². The first-order valence-corrected chi connectivity index (χ1v) is 10.2. The Hall–Kier alpha value is -2.66. The van der Waals surface area contributed by atoms with Crippen LogP contribution in [0, 0.1) is 5.82 Å². The Morgan fingerprint density at radius 2 is 2.17 bits per heavy atom. The Balaban J connectivity index is 1.77. The molecule has 3 aromatic rings. The van der Waals surface area contributed by atoms with Crippen molar-refractivity contribution in [2.45, 2.75) is 30.3 Å². The van der Waals surface area contributed by atoms with E-state index in [-0.39, 0.29) is 18.7 Å². The summed E-state index contributed by atoms with van der Waals surface area (Å²) in [6.07, 6.45) is 1.57. The Labute approximate surface area is 178 Å². The maximum atomic E-state index is 14.0. The molecule has 3 N–H and O–H groups in total. The fraction of sp³-hybridized carbons (Fsp3) is 0.222. The van der Waals surface area contributed by atoms with Crippen molar-refractivity contribution in [2.75, 3.05) is 5.32 Å². The first kappa shape index (κ1) is 21.1. The van der Waals surface area contributed by atoms with E-state index in [1.807, 2.05) is 0 Å². The number of anilines is 1. The van der Waals surface area contributed by atoms with Gasteiger partial charge in [0, 0.05) is 17.4 Å². The second-order valence-corrected chi connectivity index (χ2v) is 8.25. The van der Waals surface area contributed by atoms with Crippen LogP contribution in [0.5, 0.6) is 0 Å². The molecule has 8 nitrogen and oxygen atoms in total. The van der Waals surface area contributed by atoms with E-state index in [0.29, 0.717) is 21.2 Å². The van der Waals surface area contributed by atoms with Gasteiger partial charge in [-0.3, -0.25) is 14.2 Å². The van der Waals surface area contributed by atoms with Crippen LogP contribution in [0.15, 0.2) is 50.6 Å². The van der Waals surface area contributed by atoms with Crippen LogP contribution in [0.3, 0.4) is 0 Å². The number of hydrogen-bond acceptors (Lipinski definition) is 6. The normalized spacial score (nSPS) is 12.0. The molecule has 3 rings (SSSR count). The smallest absolute Gasteiger partial charge is 0.237 e. The van der Waals surface area contributed by atoms with E-state index in [4.69, 9.17) is 10.2 Å². The molecule has 0 bridgehead atoms. The minimum atomic E-state index is -0.612. The maximum Gasteiger partial charge on any atom is 0.237 e. The Bertz CT molecular complexity index is 1020. The van der Waals surface area contributed by atoms with E-state index in [2.05, 4.69) is 31.4 Å². The highest BCUT2D eigenvalue weighted by molar-refractivity contribution is 9.10. The summed E-state index contributed by atoms with van der Waals surface area (Å²) in [6, 6.07) is 7.79. The molecular weight excluding hydrogens is 465 g/mol. The SMILES string of the molecule is CC(Sc1nnc(-c2ccco2)n1CCC(N)=O)C(=O)Nc1ccc(Br)cc1F. The number of thioether (sulfide) groups is 1. The summed E-state index contributed by atoms with van der Waals surface area (Å²) < 4.78 is 21.6. The van der Waals surface area contributed by atoms with Gasteiger partial charge in [-0.25, -0.2) is 4.39 Å². The number of furan rings is 1. The van der Waals surface area contributed by atoms with Gasteiger partial charge in [0.2, 0.25) is 11.8 Å². The lowest BCUT2D eigenvalue weighted by Crippen LogP contribution is -2.23. The van der Waals surface area contributed by atoms with Gasteiger partial charge >= 0.3 is 0 Å². The fourth-order valence-corrected chi connectivity index (χ4v) is 3.63. The number of benzene rings is 1. The molecule has 0 saturated carbocycles. The zero-order valence-corrected chi connectivity index (χ0v) is 17.7. The molecule has 0 saturated heterocycles. The van der Waals surface area contributed by atoms with Gasteiger partial charge in [0.05, 0.1) is 17.2 Å². The quantitative estimate of drug-likeness (QED) is 0.476. The number of hydrogen-bond donors (Lipinski definition) is 2. The highest BCUT2D eigenvalue weighted by Crippen LogP contribution is 2.28. The van der Waals surface area contributed by atoms with Crippen LogP contribution in [0.1, 0.15) is 13.3 Å². The number of nitrogens with two attached hydrogens (primary N) is 1. The highest BCUT2D eigenvalue weighted by atomic mass is 79.9. The fourth-order valence-electron chi connectivity index (χ4n) is 2.42. The molecule has 2 amide bonds. The van der Waals surface area contributed by atoms with Crippen LogP contribution in [-0.2, 0) is 16.1 Å². The van der Waals surface area contributed by atoms with E-state index in [0.717, 1.165) is 11.8 Å². The van der Waals surface area contributed by atoms with Crippen LogP contribution in [0.2, 0.25) is 0 Å². The summed E-state index contributed by atoms with van der Waals surface area (Å²) in [7, 11) is 0. The third kappa shape index (κ3) is 5.24. The van der Waals surface area contributed by atoms with Gasteiger partial charge in [-0.2, -0.15) is 0 Å². The van der Waals surface area contributed by atoms with Gasteiger partial charge in [-0.05, 0) is 37.3 Å². The number of rotatable bonds is 8. The van der Waals surface area contributed by atoms with Crippen molar-refractivity contribution in [3.8, 4) is 11.6 Å². The minimum Gasteiger partial charge on any atom is -0.461 e. The molecule has 0 spiro atoms. The number of aromatic nitrogens is 3. The number of nitrogens with one attached hydrogen (secondary N) is 1. The van der Waals surface area contributed by atoms with E-state index >= 15 is 0 Å². The van der Waals surface area contributed by atoms with Crippen molar-refractivity contribution in [2.24, 2.45) is 5.73 Å². The summed E-state index contributed by atoms with van der Waals surface area (Å²) in [5.41, 5.74) is 5.34. The molecule has 2 aromatic heterocycles. The molecule has 0 aliphatic rings. The second kappa shape index (κ2) is 9.23. The zero-order chi connectivity index (χ0) is 21.0. The Kier molecular flexibility index (Phi) is 6.70. The number of nitrogens with zero attached hydrogens (tertiary/aromatic N) is 3. The Morgan fingerprint density at radius 1 is 1.38 bits per heavy atom. The number of carbonyl (C=O) groups excluding carboxylic acids is 2. The molecule has 29 heavy (non-hydrogen) atoms. The molecule has 1 atom stereocenters. The van der Waals surface area contributed by atoms with Crippen LogP contribution in [-0.4, -0.2) is 31.8 Å². The van der Waals surface area contributed by atoms with Crippen LogP contribution >= 0.6 is 27.7 Å². The summed E-state index contributed by atoms with van der Waals surface area (Å²) in [5.74, 6) is -0.528. The average Bonchev–Trinajstić information content (AvgIpc) is 3.31. The molecule has 2 heterocycles. The van der Waals surface area contributed by atoms with Crippen molar-refractivity contribution >= 4 is 45.2 Å². The highest BCUT2D eigenvalue weighted by Gasteiger charge is 2.22. The first-order valence-electron chi connectivity index (χ1n) is 8.53. The molecule has 11 heteroatoms. The van der Waals surface area contributed by atoms with Gasteiger partial charge in [0.1, 0.15) is 5.82 Å². The number of primary amides is 1. The standard InChI is InChI=1S/C18H17BrFN5O3S/c1-10(17(27)22-13-5-4-11(19)9-12(13)20)29-18-24-23-16(14-3-2-8-28-14)25(18)7-6-15(21)26/h2-5,8-10H,6-7H2,1H3,(H2,21,26)(H,22,27). The van der Waals surface area contributed by atoms with Crippen molar-refractivity contribution in [3.63, 3.8) is 0 Å². The van der Waals surface area contributed by atoms with Crippen LogP contribution in [0.25, 0.3) is 11.6 Å². The van der Waals surface area contributed by atoms with Crippen molar-refractivity contribution in [1.29, 1.82) is 0 Å². The first-order chi connectivity index (χ1) is 13.8. The average molecular weight is 482 g/mol. The molecule has 0 aliphatic heterocycles. The lowest BCUT2D eigenvalue weighted by molar-refractivity contribution is -0.118. The lowest BCUT2D eigenvalue weighted by Gasteiger charge is -2.13. The van der Waals surface area contributed by atoms with E-state index in [1.54, 1.807) is 29.7 Å². The monoisotopic (exact) mass is 481 g/mol. The summed E-state index contributed by atoms with van der Waals surface area (Å²) >= 11 is 4.30. The third-order valence-electron chi connectivity index (χ3n) is 3.88. The molecule has 1 aromatic carbocycles. The number of amides is 2. The van der Waals surface area contributed by atoms with Crippen LogP contribution < -0.4 is 11.1 Å². The van der Waals surface area contributed by atoms with Crippen molar-refractivity contribution in [3.05, 3.63) is 46.9 Å². The Morgan fingerprint density at radius 3 is 2.83 bits per heavy atom. The van der Waals surface area contributed by atoms with E-state index in [1.165, 1.54) is 18.4 Å². The third-order valence-corrected chi connectivity index (χ3v) is 5.45. The number of carbonyl (C=O) groups is 2. The summed E-state index contributed by atoms with van der Waals surface area (Å²) in [5, 5.41) is 10.6. The molecule has 152 valence electrons. The van der Waals surface area contributed by atoms with Gasteiger partial charge in [0.15, 0.2) is 16.7 Å². The van der Waals surface area contributed by atoms with Gasteiger partial charge < -0.3 is 15.5 Å². The summed E-state index contributed by atoms with van der Waals surface area (Å²) in [6.45, 7) is 1.90. The zero-order valence-electron chi connectivity index (χ0n) is 15.3. The van der Waals surface area contributed by atoms with Crippen LogP contribution in [0.4, 0.5) is 10.1 Å². The van der Waals surface area contributed by atoms with Crippen molar-refractivity contribution in [1.82, 2.24) is 14.8 Å². The largest absolute Gasteiger partial charge is 0.461 e. The molecule has 0 radical (unpaired) electrons. The van der Waals surface area contributed by atoms with Crippen molar-refractivity contribution < 1.29 is 18.4 Å². The van der Waals surface area contributed by atoms with Gasteiger partial charge in [0.25, 0.3) is 0 Å². The predicted molar refractivity (Wildman–Crippen MR) is 110 cm³/mol. The lowest BCUT2D eigenvalue weighted by atomic mass is 10.3. The molecule has 1 unspecified atom stereocenters. The second-order valence-electron chi connectivity index (χ2n) is 6.02. The van der Waals surface area contributed by atoms with E-state index < -0.39 is 22.9 Å². The maximum absolute atomic E-state index is 14.0. The minimum absolute atomic E-state index is 0.0734. The summed E-state index contributed by atoms with van der Waals surface area (Å²) in [4.78, 5) is 23.7. The number of halogens is 2. The molecule has 0 aliphatic carbocycles. The topological polar surface area (TPSA) is 116 Å². The molecule has 0 fully saturated rings. The predicted octanol–water partition coefficient (Wildman–Crippen LogP) is 3.43. The molecular formula is C18H17BrFN5O3S.